The van der Waals surface area contributed by atoms with Gasteiger partial charge < -0.3 is 10.6 Å². The van der Waals surface area contributed by atoms with E-state index < -0.39 is 0 Å². The van der Waals surface area contributed by atoms with Crippen LogP contribution in [0.2, 0.25) is 0 Å². The summed E-state index contributed by atoms with van der Waals surface area (Å²) in [7, 11) is 1.88. The zero-order valence-corrected chi connectivity index (χ0v) is 13.8. The molecule has 3 nitrogen and oxygen atoms in total. The van der Waals surface area contributed by atoms with Crippen LogP contribution in [-0.2, 0) is 10.2 Å². The van der Waals surface area contributed by atoms with E-state index in [1.165, 1.54) is 31.2 Å². The predicted octanol–water partition coefficient (Wildman–Crippen LogP) is 2.89. The van der Waals surface area contributed by atoms with E-state index >= 15 is 0 Å². The third-order valence-corrected chi connectivity index (χ3v) is 4.51. The smallest absolute Gasteiger partial charge is 0.224 e. The lowest BCUT2D eigenvalue weighted by molar-refractivity contribution is -0.124. The SMILES string of the molecule is CNCC(C)C(=O)NCC1(c2ccccc2)CCCC1.Cl. The molecule has 1 fully saturated rings. The maximum Gasteiger partial charge on any atom is 0.224 e. The molecule has 0 bridgehead atoms. The fraction of sp³-hybridized carbons (Fsp3) is 0.588. The summed E-state index contributed by atoms with van der Waals surface area (Å²) >= 11 is 0. The molecule has 0 heterocycles. The summed E-state index contributed by atoms with van der Waals surface area (Å²) in [6.07, 6.45) is 4.88. The normalized spacial score (nSPS) is 17.8. The summed E-state index contributed by atoms with van der Waals surface area (Å²) in [4.78, 5) is 12.1. The van der Waals surface area contributed by atoms with Crippen LogP contribution < -0.4 is 10.6 Å². The summed E-state index contributed by atoms with van der Waals surface area (Å²) in [5, 5.41) is 6.23. The predicted molar refractivity (Wildman–Crippen MR) is 89.9 cm³/mol. The van der Waals surface area contributed by atoms with Gasteiger partial charge in [-0.3, -0.25) is 4.79 Å². The Labute approximate surface area is 134 Å². The van der Waals surface area contributed by atoms with Gasteiger partial charge in [0.2, 0.25) is 5.91 Å². The number of halogens is 1. The summed E-state index contributed by atoms with van der Waals surface area (Å²) in [6.45, 7) is 3.46. The first-order valence-electron chi connectivity index (χ1n) is 7.66. The van der Waals surface area contributed by atoms with E-state index in [1.807, 2.05) is 14.0 Å². The second-order valence-corrected chi connectivity index (χ2v) is 6.03. The van der Waals surface area contributed by atoms with Gasteiger partial charge in [-0.15, -0.1) is 12.4 Å². The minimum absolute atomic E-state index is 0. The molecule has 118 valence electrons. The van der Waals surface area contributed by atoms with Crippen molar-refractivity contribution >= 4 is 18.3 Å². The molecule has 1 aliphatic rings. The highest BCUT2D eigenvalue weighted by molar-refractivity contribution is 5.85. The Bertz CT molecular complexity index is 430. The van der Waals surface area contributed by atoms with Crippen LogP contribution in [0.1, 0.15) is 38.2 Å². The van der Waals surface area contributed by atoms with Gasteiger partial charge in [0.05, 0.1) is 0 Å². The molecule has 0 saturated heterocycles. The number of nitrogens with one attached hydrogen (secondary N) is 2. The van der Waals surface area contributed by atoms with E-state index in [0.29, 0.717) is 0 Å². The van der Waals surface area contributed by atoms with Crippen LogP contribution in [0.4, 0.5) is 0 Å². The standard InChI is InChI=1S/C17H26N2O.ClH/c1-14(12-18-2)16(20)19-13-17(10-6-7-11-17)15-8-4-3-5-9-15;/h3-5,8-9,14,18H,6-7,10-13H2,1-2H3,(H,19,20);1H. The third kappa shape index (κ3) is 4.45. The Morgan fingerprint density at radius 2 is 1.86 bits per heavy atom. The van der Waals surface area contributed by atoms with Crippen molar-refractivity contribution in [3.05, 3.63) is 35.9 Å². The first kappa shape index (κ1) is 18.0. The highest BCUT2D eigenvalue weighted by atomic mass is 35.5. The second-order valence-electron chi connectivity index (χ2n) is 6.03. The molecule has 1 aliphatic carbocycles. The maximum absolute atomic E-state index is 12.1. The number of hydrogen-bond donors (Lipinski definition) is 2. The van der Waals surface area contributed by atoms with Crippen molar-refractivity contribution < 1.29 is 4.79 Å². The number of carbonyl (C=O) groups is 1. The Balaban J connectivity index is 0.00000220. The largest absolute Gasteiger partial charge is 0.355 e. The quantitative estimate of drug-likeness (QED) is 0.848. The van der Waals surface area contributed by atoms with Crippen LogP contribution in [0.5, 0.6) is 0 Å². The van der Waals surface area contributed by atoms with Crippen molar-refractivity contribution in [2.45, 2.75) is 38.0 Å². The van der Waals surface area contributed by atoms with Gasteiger partial charge in [-0.25, -0.2) is 0 Å². The molecule has 2 N–H and O–H groups in total. The molecule has 2 rings (SSSR count). The van der Waals surface area contributed by atoms with Gasteiger partial charge in [-0.05, 0) is 25.5 Å². The lowest BCUT2D eigenvalue weighted by Crippen LogP contribution is -2.42. The molecule has 0 aliphatic heterocycles. The van der Waals surface area contributed by atoms with Crippen LogP contribution >= 0.6 is 12.4 Å². The zero-order chi connectivity index (χ0) is 14.4. The van der Waals surface area contributed by atoms with E-state index in [9.17, 15) is 4.79 Å². The van der Waals surface area contributed by atoms with E-state index in [2.05, 4.69) is 41.0 Å². The first-order valence-corrected chi connectivity index (χ1v) is 7.66. The molecule has 1 aromatic carbocycles. The Kier molecular flexibility index (Phi) is 7.20. The molecule has 1 aromatic rings. The van der Waals surface area contributed by atoms with Gasteiger partial charge in [-0.2, -0.15) is 0 Å². The van der Waals surface area contributed by atoms with Crippen molar-refractivity contribution in [2.24, 2.45) is 5.92 Å². The average molecular weight is 311 g/mol. The van der Waals surface area contributed by atoms with Crippen molar-refractivity contribution in [1.29, 1.82) is 0 Å². The lowest BCUT2D eigenvalue weighted by atomic mass is 9.78. The van der Waals surface area contributed by atoms with Crippen molar-refractivity contribution in [3.8, 4) is 0 Å². The van der Waals surface area contributed by atoms with Gasteiger partial charge >= 0.3 is 0 Å². The molecular formula is C17H27ClN2O. The monoisotopic (exact) mass is 310 g/mol. The summed E-state index contributed by atoms with van der Waals surface area (Å²) in [6, 6.07) is 10.7. The average Bonchev–Trinajstić information content (AvgIpc) is 2.96. The minimum atomic E-state index is 0. The van der Waals surface area contributed by atoms with Crippen LogP contribution in [0.15, 0.2) is 30.3 Å². The molecule has 1 atom stereocenters. The van der Waals surface area contributed by atoms with Gasteiger partial charge in [0.15, 0.2) is 0 Å². The van der Waals surface area contributed by atoms with Gasteiger partial charge in [0.25, 0.3) is 0 Å². The van der Waals surface area contributed by atoms with Crippen molar-refractivity contribution in [3.63, 3.8) is 0 Å². The Morgan fingerprint density at radius 1 is 1.24 bits per heavy atom. The number of amides is 1. The fourth-order valence-electron chi connectivity index (χ4n) is 3.24. The molecule has 0 spiro atoms. The molecule has 0 radical (unpaired) electrons. The zero-order valence-electron chi connectivity index (χ0n) is 13.0. The molecule has 1 unspecified atom stereocenters. The van der Waals surface area contributed by atoms with Gasteiger partial charge in [-0.1, -0.05) is 50.1 Å². The molecule has 1 amide bonds. The van der Waals surface area contributed by atoms with Gasteiger partial charge in [0, 0.05) is 24.4 Å². The van der Waals surface area contributed by atoms with Crippen molar-refractivity contribution in [1.82, 2.24) is 10.6 Å². The fourth-order valence-corrected chi connectivity index (χ4v) is 3.24. The summed E-state index contributed by atoms with van der Waals surface area (Å²) in [5.74, 6) is 0.177. The topological polar surface area (TPSA) is 41.1 Å². The van der Waals surface area contributed by atoms with E-state index in [4.69, 9.17) is 0 Å². The van der Waals surface area contributed by atoms with Crippen LogP contribution in [0.25, 0.3) is 0 Å². The minimum Gasteiger partial charge on any atom is -0.355 e. The molecule has 0 aromatic heterocycles. The Morgan fingerprint density at radius 3 is 2.43 bits per heavy atom. The molecule has 4 heteroatoms. The van der Waals surface area contributed by atoms with E-state index in [1.54, 1.807) is 0 Å². The van der Waals surface area contributed by atoms with E-state index in [0.717, 1.165) is 13.1 Å². The number of hydrogen-bond acceptors (Lipinski definition) is 2. The number of benzene rings is 1. The number of carbonyl (C=O) groups excluding carboxylic acids is 1. The highest BCUT2D eigenvalue weighted by Crippen LogP contribution is 2.40. The summed E-state index contributed by atoms with van der Waals surface area (Å²) < 4.78 is 0. The summed E-state index contributed by atoms with van der Waals surface area (Å²) in [5.41, 5.74) is 1.52. The Hall–Kier alpha value is -1.06. The number of rotatable bonds is 6. The maximum atomic E-state index is 12.1. The lowest BCUT2D eigenvalue weighted by Gasteiger charge is -2.30. The highest BCUT2D eigenvalue weighted by Gasteiger charge is 2.35. The molecule has 21 heavy (non-hydrogen) atoms. The van der Waals surface area contributed by atoms with Gasteiger partial charge in [0.1, 0.15) is 0 Å². The second kappa shape index (κ2) is 8.40. The molecular weight excluding hydrogens is 284 g/mol. The van der Waals surface area contributed by atoms with E-state index in [-0.39, 0.29) is 29.6 Å². The molecule has 1 saturated carbocycles. The first-order chi connectivity index (χ1) is 9.68. The van der Waals surface area contributed by atoms with Crippen LogP contribution in [-0.4, -0.2) is 26.0 Å². The van der Waals surface area contributed by atoms with Crippen LogP contribution in [0, 0.1) is 5.92 Å². The van der Waals surface area contributed by atoms with Crippen LogP contribution in [0.3, 0.4) is 0 Å². The van der Waals surface area contributed by atoms with Crippen molar-refractivity contribution in [2.75, 3.05) is 20.1 Å². The third-order valence-electron chi connectivity index (χ3n) is 4.51.